The minimum atomic E-state index is -4.73. The molecule has 9 heteroatoms. The zero-order chi connectivity index (χ0) is 23.6. The molecule has 3 aromatic rings. The van der Waals surface area contributed by atoms with E-state index >= 15 is 0 Å². The second-order valence-electron chi connectivity index (χ2n) is 8.28. The number of para-hydroxylation sites is 1. The highest BCUT2D eigenvalue weighted by atomic mass is 79.9. The summed E-state index contributed by atoms with van der Waals surface area (Å²) in [5.41, 5.74) is 9.79. The van der Waals surface area contributed by atoms with Crippen LogP contribution in [0.2, 0.25) is 0 Å². The van der Waals surface area contributed by atoms with Gasteiger partial charge in [-0.2, -0.15) is 0 Å². The topological polar surface area (TPSA) is 72.2 Å². The van der Waals surface area contributed by atoms with Gasteiger partial charge in [-0.05, 0) is 49.8 Å². The molecule has 0 unspecified atom stereocenters. The number of nitrogens with two attached hydrogens (primary N) is 1. The predicted molar refractivity (Wildman–Crippen MR) is 128 cm³/mol. The fourth-order valence-electron chi connectivity index (χ4n) is 4.66. The van der Waals surface area contributed by atoms with Crippen molar-refractivity contribution >= 4 is 38.3 Å². The number of hydrogen-bond donors (Lipinski definition) is 3. The number of aromatic nitrogens is 1. The van der Waals surface area contributed by atoms with Crippen LogP contribution >= 0.6 is 15.9 Å². The summed E-state index contributed by atoms with van der Waals surface area (Å²) < 4.78 is 43.0. The molecule has 0 radical (unpaired) electrons. The first-order chi connectivity index (χ1) is 15.7. The van der Waals surface area contributed by atoms with Gasteiger partial charge < -0.3 is 21.1 Å². The maximum Gasteiger partial charge on any atom is 0.573 e. The average Bonchev–Trinajstić information content (AvgIpc) is 2.77. The standard InChI is InChI=1S/C24H26BrF3N4O/c1-30-22-18-4-2-3-5-19(18)32-23(29)21(22)14-7-10-17(11-8-14)31-13-15-6-9-16(25)12-20(15)33-24(26,27)28/h2-6,9,12,14,17,31H,7-8,10-11,13H2,1H3,(H3,29,30,32). The molecule has 176 valence electrons. The molecule has 0 amide bonds. The van der Waals surface area contributed by atoms with Crippen LogP contribution in [0.1, 0.15) is 42.7 Å². The van der Waals surface area contributed by atoms with Gasteiger partial charge in [-0.3, -0.25) is 0 Å². The molecule has 1 saturated carbocycles. The van der Waals surface area contributed by atoms with Crippen molar-refractivity contribution in [2.45, 2.75) is 50.6 Å². The van der Waals surface area contributed by atoms with Crippen LogP contribution < -0.4 is 21.1 Å². The molecule has 2 aromatic carbocycles. The third-order valence-corrected chi connectivity index (χ3v) is 6.67. The van der Waals surface area contributed by atoms with Crippen LogP contribution in [0, 0.1) is 0 Å². The zero-order valence-corrected chi connectivity index (χ0v) is 19.8. The van der Waals surface area contributed by atoms with E-state index in [4.69, 9.17) is 5.73 Å². The van der Waals surface area contributed by atoms with Crippen LogP contribution in [0.25, 0.3) is 10.9 Å². The molecule has 4 N–H and O–H groups in total. The first-order valence-electron chi connectivity index (χ1n) is 10.9. The Morgan fingerprint density at radius 2 is 1.85 bits per heavy atom. The van der Waals surface area contributed by atoms with Gasteiger partial charge in [-0.1, -0.05) is 40.2 Å². The van der Waals surface area contributed by atoms with Crippen molar-refractivity contribution in [3.8, 4) is 5.75 Å². The third kappa shape index (κ3) is 5.52. The van der Waals surface area contributed by atoms with Gasteiger partial charge in [0.15, 0.2) is 0 Å². The Morgan fingerprint density at radius 1 is 1.12 bits per heavy atom. The molecule has 1 aliphatic rings. The highest BCUT2D eigenvalue weighted by Gasteiger charge is 2.32. The van der Waals surface area contributed by atoms with E-state index in [0.717, 1.165) is 47.8 Å². The van der Waals surface area contributed by atoms with Crippen LogP contribution in [0.4, 0.5) is 24.7 Å². The Labute approximate surface area is 199 Å². The van der Waals surface area contributed by atoms with Crippen molar-refractivity contribution in [2.24, 2.45) is 0 Å². The van der Waals surface area contributed by atoms with E-state index in [9.17, 15) is 13.2 Å². The second kappa shape index (κ2) is 9.77. The van der Waals surface area contributed by atoms with Crippen LogP contribution in [-0.4, -0.2) is 24.4 Å². The fourth-order valence-corrected chi connectivity index (χ4v) is 5.00. The van der Waals surface area contributed by atoms with Gasteiger partial charge in [0.05, 0.1) is 11.2 Å². The monoisotopic (exact) mass is 522 g/mol. The molecule has 33 heavy (non-hydrogen) atoms. The van der Waals surface area contributed by atoms with E-state index in [-0.39, 0.29) is 17.7 Å². The van der Waals surface area contributed by atoms with E-state index in [1.165, 1.54) is 6.07 Å². The highest BCUT2D eigenvalue weighted by Crippen LogP contribution is 2.42. The lowest BCUT2D eigenvalue weighted by Crippen LogP contribution is -2.33. The fraction of sp³-hybridized carbons (Fsp3) is 0.375. The summed E-state index contributed by atoms with van der Waals surface area (Å²) in [6, 6.07) is 12.8. The van der Waals surface area contributed by atoms with Gasteiger partial charge in [-0.25, -0.2) is 4.98 Å². The number of pyridine rings is 1. The van der Waals surface area contributed by atoms with Gasteiger partial charge in [0.2, 0.25) is 0 Å². The number of nitrogen functional groups attached to an aromatic ring is 1. The van der Waals surface area contributed by atoms with Crippen molar-refractivity contribution in [1.82, 2.24) is 10.3 Å². The minimum absolute atomic E-state index is 0.188. The van der Waals surface area contributed by atoms with Gasteiger partial charge in [0.25, 0.3) is 0 Å². The van der Waals surface area contributed by atoms with Crippen molar-refractivity contribution in [3.63, 3.8) is 0 Å². The lowest BCUT2D eigenvalue weighted by molar-refractivity contribution is -0.274. The molecule has 1 aromatic heterocycles. The van der Waals surface area contributed by atoms with Crippen molar-refractivity contribution in [1.29, 1.82) is 0 Å². The number of anilines is 2. The summed E-state index contributed by atoms with van der Waals surface area (Å²) in [4.78, 5) is 4.61. The van der Waals surface area contributed by atoms with Gasteiger partial charge in [0.1, 0.15) is 11.6 Å². The number of rotatable bonds is 6. The molecule has 0 saturated heterocycles. The summed E-state index contributed by atoms with van der Waals surface area (Å²) in [5.74, 6) is 0.643. The maximum atomic E-state index is 12.8. The SMILES string of the molecule is CNc1c(C2CCC(NCc3ccc(Br)cc3OC(F)(F)F)CC2)c(N)nc2ccccc12. The number of hydrogen-bond acceptors (Lipinski definition) is 5. The van der Waals surface area contributed by atoms with E-state index in [0.29, 0.717) is 22.4 Å². The zero-order valence-electron chi connectivity index (χ0n) is 18.2. The van der Waals surface area contributed by atoms with E-state index in [1.54, 1.807) is 12.1 Å². The minimum Gasteiger partial charge on any atom is -0.405 e. The summed E-state index contributed by atoms with van der Waals surface area (Å²) in [5, 5.41) is 7.77. The average molecular weight is 523 g/mol. The van der Waals surface area contributed by atoms with E-state index in [1.807, 2.05) is 31.3 Å². The lowest BCUT2D eigenvalue weighted by atomic mass is 9.80. The van der Waals surface area contributed by atoms with Crippen LogP contribution in [0.15, 0.2) is 46.9 Å². The molecule has 1 fully saturated rings. The first-order valence-corrected chi connectivity index (χ1v) is 11.7. The second-order valence-corrected chi connectivity index (χ2v) is 9.20. The first kappa shape index (κ1) is 23.6. The molecule has 1 aliphatic carbocycles. The lowest BCUT2D eigenvalue weighted by Gasteiger charge is -2.31. The normalized spacial score (nSPS) is 18.9. The van der Waals surface area contributed by atoms with Gasteiger partial charge in [-0.15, -0.1) is 13.2 Å². The summed E-state index contributed by atoms with van der Waals surface area (Å²) in [6.07, 6.45) is -1.10. The number of nitrogens with zero attached hydrogens (tertiary/aromatic N) is 1. The predicted octanol–water partition coefficient (Wildman–Crippen LogP) is 6.34. The number of ether oxygens (including phenoxy) is 1. The molecule has 0 aliphatic heterocycles. The molecule has 1 heterocycles. The number of halogens is 4. The Balaban J connectivity index is 1.43. The molecular weight excluding hydrogens is 497 g/mol. The number of fused-ring (bicyclic) bond motifs is 1. The Hall–Kier alpha value is -2.52. The van der Waals surface area contributed by atoms with Crippen molar-refractivity contribution in [3.05, 3.63) is 58.1 Å². The Bertz CT molecular complexity index is 1130. The van der Waals surface area contributed by atoms with Crippen molar-refractivity contribution < 1.29 is 17.9 Å². The van der Waals surface area contributed by atoms with Gasteiger partial charge in [0, 0.05) is 40.6 Å². The number of nitrogens with one attached hydrogen (secondary N) is 2. The van der Waals surface area contributed by atoms with E-state index in [2.05, 4.69) is 36.3 Å². The molecule has 0 spiro atoms. The maximum absolute atomic E-state index is 12.8. The molecule has 0 bridgehead atoms. The van der Waals surface area contributed by atoms with Crippen LogP contribution in [0.5, 0.6) is 5.75 Å². The summed E-state index contributed by atoms with van der Waals surface area (Å²) in [6.45, 7) is 0.301. The van der Waals surface area contributed by atoms with Crippen LogP contribution in [-0.2, 0) is 6.54 Å². The van der Waals surface area contributed by atoms with Crippen LogP contribution in [0.3, 0.4) is 0 Å². The van der Waals surface area contributed by atoms with Crippen molar-refractivity contribution in [2.75, 3.05) is 18.1 Å². The molecule has 5 nitrogen and oxygen atoms in total. The highest BCUT2D eigenvalue weighted by molar-refractivity contribution is 9.10. The number of alkyl halides is 3. The number of benzene rings is 2. The molecular formula is C24H26BrF3N4O. The van der Waals surface area contributed by atoms with E-state index < -0.39 is 6.36 Å². The molecule has 0 atom stereocenters. The Morgan fingerprint density at radius 3 is 2.55 bits per heavy atom. The Kier molecular flexibility index (Phi) is 6.99. The third-order valence-electron chi connectivity index (χ3n) is 6.18. The summed E-state index contributed by atoms with van der Waals surface area (Å²) >= 11 is 3.20. The smallest absolute Gasteiger partial charge is 0.405 e. The largest absolute Gasteiger partial charge is 0.573 e. The van der Waals surface area contributed by atoms with Gasteiger partial charge >= 0.3 is 6.36 Å². The summed E-state index contributed by atoms with van der Waals surface area (Å²) in [7, 11) is 1.90. The molecule has 4 rings (SSSR count). The quantitative estimate of drug-likeness (QED) is 0.352.